The van der Waals surface area contributed by atoms with E-state index in [1.165, 1.54) is 0 Å². The number of hydrogen-bond acceptors (Lipinski definition) is 3. The molecule has 15 heavy (non-hydrogen) atoms. The molecule has 7 heteroatoms. The number of pyridine rings is 1. The van der Waals surface area contributed by atoms with Crippen LogP contribution in [-0.4, -0.2) is 23.2 Å². The molecule has 1 aromatic rings. The second kappa shape index (κ2) is 4.16. The lowest BCUT2D eigenvalue weighted by molar-refractivity contribution is 0.0688. The van der Waals surface area contributed by atoms with Crippen LogP contribution >= 0.6 is 0 Å². The fourth-order valence-electron chi connectivity index (χ4n) is 0.983. The summed E-state index contributed by atoms with van der Waals surface area (Å²) in [5.41, 5.74) is -1.73. The molecule has 4 nitrogen and oxygen atoms in total. The van der Waals surface area contributed by atoms with Crippen molar-refractivity contribution in [1.29, 1.82) is 0 Å². The highest BCUT2D eigenvalue weighted by molar-refractivity contribution is 5.88. The van der Waals surface area contributed by atoms with Gasteiger partial charge in [-0.05, 0) is 0 Å². The normalized spacial score (nSPS) is 10.5. The number of nitrogens with zero attached hydrogens (tertiary/aromatic N) is 1. The minimum atomic E-state index is -3.03. The maximum Gasteiger partial charge on any atom is 0.340 e. The van der Waals surface area contributed by atoms with Crippen LogP contribution in [0.4, 0.5) is 13.2 Å². The SMILES string of the molecule is COc1c(C(F)F)ncc(C(=O)O)c1F. The van der Waals surface area contributed by atoms with Crippen molar-refractivity contribution in [3.8, 4) is 5.75 Å². The minimum absolute atomic E-state index is 0.529. The Morgan fingerprint density at radius 3 is 2.60 bits per heavy atom. The summed E-state index contributed by atoms with van der Waals surface area (Å²) in [4.78, 5) is 13.6. The van der Waals surface area contributed by atoms with Crippen LogP contribution in [0.15, 0.2) is 6.20 Å². The van der Waals surface area contributed by atoms with Crippen LogP contribution in [-0.2, 0) is 0 Å². The Bertz CT molecular complexity index is 395. The Morgan fingerprint density at radius 2 is 2.20 bits per heavy atom. The van der Waals surface area contributed by atoms with E-state index in [1.54, 1.807) is 0 Å². The van der Waals surface area contributed by atoms with Gasteiger partial charge in [0.2, 0.25) is 0 Å². The molecule has 0 saturated heterocycles. The lowest BCUT2D eigenvalue weighted by atomic mass is 10.2. The summed E-state index contributed by atoms with van der Waals surface area (Å²) >= 11 is 0. The van der Waals surface area contributed by atoms with E-state index in [0.717, 1.165) is 7.11 Å². The minimum Gasteiger partial charge on any atom is -0.492 e. The molecule has 0 unspecified atom stereocenters. The van der Waals surface area contributed by atoms with E-state index in [2.05, 4.69) is 9.72 Å². The van der Waals surface area contributed by atoms with Crippen molar-refractivity contribution in [2.75, 3.05) is 7.11 Å². The van der Waals surface area contributed by atoms with Gasteiger partial charge >= 0.3 is 5.97 Å². The van der Waals surface area contributed by atoms with Crippen LogP contribution in [0.5, 0.6) is 5.75 Å². The standard InChI is InChI=1S/C8H6F3NO3/c1-15-6-4(9)3(8(13)14)2-12-5(6)7(10)11/h2,7H,1H3,(H,13,14). The zero-order valence-corrected chi connectivity index (χ0v) is 7.50. The first-order valence-corrected chi connectivity index (χ1v) is 3.72. The van der Waals surface area contributed by atoms with Gasteiger partial charge in [-0.3, -0.25) is 4.98 Å². The summed E-state index contributed by atoms with van der Waals surface area (Å²) in [6, 6.07) is 0. The van der Waals surface area contributed by atoms with Gasteiger partial charge in [0.05, 0.1) is 7.11 Å². The maximum atomic E-state index is 13.3. The molecule has 1 heterocycles. The topological polar surface area (TPSA) is 59.4 Å². The highest BCUT2D eigenvalue weighted by Crippen LogP contribution is 2.30. The van der Waals surface area contributed by atoms with Crippen LogP contribution < -0.4 is 4.74 Å². The summed E-state index contributed by atoms with van der Waals surface area (Å²) in [5.74, 6) is -3.79. The highest BCUT2D eigenvalue weighted by Gasteiger charge is 2.24. The molecule has 0 spiro atoms. The van der Waals surface area contributed by atoms with Crippen molar-refractivity contribution < 1.29 is 27.8 Å². The Hall–Kier alpha value is -1.79. The van der Waals surface area contributed by atoms with E-state index in [-0.39, 0.29) is 0 Å². The molecule has 0 aromatic carbocycles. The van der Waals surface area contributed by atoms with Gasteiger partial charge in [0.15, 0.2) is 17.3 Å². The summed E-state index contributed by atoms with van der Waals surface area (Å²) in [6.07, 6.45) is -2.50. The van der Waals surface area contributed by atoms with Gasteiger partial charge in [-0.25, -0.2) is 18.0 Å². The predicted octanol–water partition coefficient (Wildman–Crippen LogP) is 1.87. The van der Waals surface area contributed by atoms with Crippen LogP contribution in [0.3, 0.4) is 0 Å². The zero-order valence-electron chi connectivity index (χ0n) is 7.50. The Kier molecular flexibility index (Phi) is 3.13. The second-order valence-corrected chi connectivity index (χ2v) is 2.51. The van der Waals surface area contributed by atoms with Gasteiger partial charge in [0, 0.05) is 6.20 Å². The molecule has 1 rings (SSSR count). The highest BCUT2D eigenvalue weighted by atomic mass is 19.3. The van der Waals surface area contributed by atoms with Gasteiger partial charge in [0.25, 0.3) is 6.43 Å². The quantitative estimate of drug-likeness (QED) is 0.846. The van der Waals surface area contributed by atoms with E-state index < -0.39 is 35.2 Å². The number of carbonyl (C=O) groups is 1. The number of carboxylic acids is 1. The fraction of sp³-hybridized carbons (Fsp3) is 0.250. The van der Waals surface area contributed by atoms with Crippen LogP contribution in [0, 0.1) is 5.82 Å². The Labute approximate surface area is 82.3 Å². The third-order valence-corrected chi connectivity index (χ3v) is 1.64. The number of halogens is 3. The van der Waals surface area contributed by atoms with E-state index in [9.17, 15) is 18.0 Å². The summed E-state index contributed by atoms with van der Waals surface area (Å²) in [5, 5.41) is 8.49. The molecule has 82 valence electrons. The lowest BCUT2D eigenvalue weighted by Gasteiger charge is -2.08. The second-order valence-electron chi connectivity index (χ2n) is 2.51. The smallest absolute Gasteiger partial charge is 0.340 e. The summed E-state index contributed by atoms with van der Waals surface area (Å²) in [6.45, 7) is 0. The molecule has 0 fully saturated rings. The van der Waals surface area contributed by atoms with Crippen molar-refractivity contribution in [2.45, 2.75) is 6.43 Å². The third-order valence-electron chi connectivity index (χ3n) is 1.64. The van der Waals surface area contributed by atoms with E-state index in [1.807, 2.05) is 0 Å². The molecule has 0 aliphatic heterocycles. The van der Waals surface area contributed by atoms with Gasteiger partial charge < -0.3 is 9.84 Å². The first-order chi connectivity index (χ1) is 6.99. The number of aromatic nitrogens is 1. The molecule has 0 atom stereocenters. The first-order valence-electron chi connectivity index (χ1n) is 3.72. The summed E-state index contributed by atoms with van der Waals surface area (Å²) in [7, 11) is 0.956. The van der Waals surface area contributed by atoms with Gasteiger partial charge in [-0.1, -0.05) is 0 Å². The van der Waals surface area contributed by atoms with Crippen molar-refractivity contribution in [1.82, 2.24) is 4.98 Å². The molecule has 1 N–H and O–H groups in total. The van der Waals surface area contributed by atoms with E-state index in [0.29, 0.717) is 6.20 Å². The van der Waals surface area contributed by atoms with E-state index in [4.69, 9.17) is 5.11 Å². The average molecular weight is 221 g/mol. The Morgan fingerprint density at radius 1 is 1.60 bits per heavy atom. The average Bonchev–Trinajstić information content (AvgIpc) is 2.16. The largest absolute Gasteiger partial charge is 0.492 e. The van der Waals surface area contributed by atoms with Crippen molar-refractivity contribution in [2.24, 2.45) is 0 Å². The maximum absolute atomic E-state index is 13.3. The van der Waals surface area contributed by atoms with Gasteiger partial charge in [-0.2, -0.15) is 0 Å². The third kappa shape index (κ3) is 2.00. The number of hydrogen-bond donors (Lipinski definition) is 1. The number of methoxy groups -OCH3 is 1. The van der Waals surface area contributed by atoms with Crippen molar-refractivity contribution >= 4 is 5.97 Å². The number of rotatable bonds is 3. The van der Waals surface area contributed by atoms with Crippen molar-refractivity contribution in [3.63, 3.8) is 0 Å². The number of alkyl halides is 2. The molecule has 0 aliphatic carbocycles. The molecule has 0 radical (unpaired) electrons. The number of aromatic carboxylic acids is 1. The van der Waals surface area contributed by atoms with Crippen LogP contribution in [0.1, 0.15) is 22.5 Å². The van der Waals surface area contributed by atoms with Crippen LogP contribution in [0.2, 0.25) is 0 Å². The fourth-order valence-corrected chi connectivity index (χ4v) is 0.983. The number of ether oxygens (including phenoxy) is 1. The van der Waals surface area contributed by atoms with Gasteiger partial charge in [0.1, 0.15) is 5.56 Å². The molecule has 0 saturated carbocycles. The number of carboxylic acid groups (broad SMARTS) is 1. The van der Waals surface area contributed by atoms with Crippen LogP contribution in [0.25, 0.3) is 0 Å². The lowest BCUT2D eigenvalue weighted by Crippen LogP contribution is -2.07. The molecular formula is C8H6F3NO3. The zero-order chi connectivity index (χ0) is 11.6. The Balaban J connectivity index is 3.39. The monoisotopic (exact) mass is 221 g/mol. The molecule has 1 aromatic heterocycles. The molecular weight excluding hydrogens is 215 g/mol. The molecule has 0 amide bonds. The van der Waals surface area contributed by atoms with E-state index >= 15 is 0 Å². The molecule has 0 bridgehead atoms. The van der Waals surface area contributed by atoms with Gasteiger partial charge in [-0.15, -0.1) is 0 Å². The predicted molar refractivity (Wildman–Crippen MR) is 42.7 cm³/mol. The van der Waals surface area contributed by atoms with Crippen molar-refractivity contribution in [3.05, 3.63) is 23.3 Å². The molecule has 0 aliphatic rings. The summed E-state index contributed by atoms with van der Waals surface area (Å²) < 4.78 is 42.2. The first kappa shape index (κ1) is 11.3.